The molecule has 0 spiro atoms. The molecule has 2 aromatic heterocycles. The summed E-state index contributed by atoms with van der Waals surface area (Å²) in [5.41, 5.74) is 2.21. The molecule has 1 N–H and O–H groups in total. The number of furan rings is 1. The summed E-state index contributed by atoms with van der Waals surface area (Å²) in [6, 6.07) is 12.7. The molecule has 2 atom stereocenters. The fourth-order valence-electron chi connectivity index (χ4n) is 2.84. The van der Waals surface area contributed by atoms with E-state index in [4.69, 9.17) is 9.40 Å². The minimum Gasteiger partial charge on any atom is -0.469 e. The second-order valence-electron chi connectivity index (χ2n) is 5.59. The van der Waals surface area contributed by atoms with Crippen molar-refractivity contribution in [1.82, 2.24) is 14.9 Å². The van der Waals surface area contributed by atoms with Gasteiger partial charge >= 0.3 is 0 Å². The van der Waals surface area contributed by atoms with Gasteiger partial charge in [0, 0.05) is 19.5 Å². The monoisotopic (exact) mass is 283 g/mol. The van der Waals surface area contributed by atoms with E-state index in [1.54, 1.807) is 6.26 Å². The van der Waals surface area contributed by atoms with Crippen molar-refractivity contribution < 1.29 is 4.42 Å². The van der Waals surface area contributed by atoms with Gasteiger partial charge in [-0.2, -0.15) is 0 Å². The van der Waals surface area contributed by atoms with Gasteiger partial charge in [0.25, 0.3) is 0 Å². The molecule has 0 radical (unpaired) electrons. The highest BCUT2D eigenvalue weighted by atomic mass is 16.3. The molecule has 0 saturated heterocycles. The summed E-state index contributed by atoms with van der Waals surface area (Å²) in [5, 5.41) is 3.59. The third kappa shape index (κ3) is 2.85. The van der Waals surface area contributed by atoms with Gasteiger partial charge in [-0.1, -0.05) is 12.1 Å². The van der Waals surface area contributed by atoms with E-state index >= 15 is 0 Å². The van der Waals surface area contributed by atoms with Crippen LogP contribution in [0.4, 0.5) is 0 Å². The average molecular weight is 283 g/mol. The van der Waals surface area contributed by atoms with E-state index in [9.17, 15) is 0 Å². The molecule has 0 aliphatic carbocycles. The van der Waals surface area contributed by atoms with E-state index in [1.807, 2.05) is 24.3 Å². The highest BCUT2D eigenvalue weighted by molar-refractivity contribution is 5.75. The molecule has 4 nitrogen and oxygen atoms in total. The van der Waals surface area contributed by atoms with Gasteiger partial charge in [-0.05, 0) is 38.1 Å². The zero-order chi connectivity index (χ0) is 14.8. The lowest BCUT2D eigenvalue weighted by Crippen LogP contribution is -2.31. The Morgan fingerprint density at radius 3 is 2.71 bits per heavy atom. The van der Waals surface area contributed by atoms with Crippen molar-refractivity contribution in [3.05, 3.63) is 54.2 Å². The van der Waals surface area contributed by atoms with E-state index in [0.717, 1.165) is 23.5 Å². The molecule has 0 aliphatic rings. The number of imidazole rings is 1. The summed E-state index contributed by atoms with van der Waals surface area (Å²) in [5.74, 6) is 2.06. The zero-order valence-electron chi connectivity index (χ0n) is 12.7. The van der Waals surface area contributed by atoms with Crippen LogP contribution in [-0.4, -0.2) is 15.6 Å². The maximum Gasteiger partial charge on any atom is 0.126 e. The Morgan fingerprint density at radius 1 is 1.19 bits per heavy atom. The molecule has 0 saturated carbocycles. The molecule has 1 aromatic carbocycles. The van der Waals surface area contributed by atoms with Gasteiger partial charge in [0.1, 0.15) is 11.6 Å². The molecule has 21 heavy (non-hydrogen) atoms. The number of para-hydroxylation sites is 2. The van der Waals surface area contributed by atoms with Gasteiger partial charge in [-0.3, -0.25) is 0 Å². The SMILES string of the molecule is CC(Cc1ccco1)NC(C)c1nc2ccccc2n1C. The fraction of sp³-hybridized carbons (Fsp3) is 0.353. The molecular formula is C17H21N3O. The zero-order valence-corrected chi connectivity index (χ0v) is 12.7. The van der Waals surface area contributed by atoms with Crippen molar-refractivity contribution in [2.24, 2.45) is 7.05 Å². The molecule has 0 bridgehead atoms. The number of nitrogens with one attached hydrogen (secondary N) is 1. The van der Waals surface area contributed by atoms with Crippen LogP contribution in [0, 0.1) is 0 Å². The first-order valence-electron chi connectivity index (χ1n) is 7.35. The van der Waals surface area contributed by atoms with Gasteiger partial charge in [0.05, 0.1) is 23.3 Å². The molecule has 0 aliphatic heterocycles. The maximum absolute atomic E-state index is 5.40. The topological polar surface area (TPSA) is 43.0 Å². The predicted molar refractivity (Wildman–Crippen MR) is 84.1 cm³/mol. The molecule has 4 heteroatoms. The molecular weight excluding hydrogens is 262 g/mol. The molecule has 3 aromatic rings. The van der Waals surface area contributed by atoms with Crippen LogP contribution >= 0.6 is 0 Å². The Kier molecular flexibility index (Phi) is 3.80. The summed E-state index contributed by atoms with van der Waals surface area (Å²) in [7, 11) is 2.07. The van der Waals surface area contributed by atoms with E-state index in [1.165, 1.54) is 5.52 Å². The number of aromatic nitrogens is 2. The minimum atomic E-state index is 0.187. The van der Waals surface area contributed by atoms with Crippen molar-refractivity contribution in [2.75, 3.05) is 0 Å². The molecule has 2 unspecified atom stereocenters. The smallest absolute Gasteiger partial charge is 0.126 e. The van der Waals surface area contributed by atoms with Gasteiger partial charge in [0.15, 0.2) is 0 Å². The van der Waals surface area contributed by atoms with Gasteiger partial charge < -0.3 is 14.3 Å². The largest absolute Gasteiger partial charge is 0.469 e. The maximum atomic E-state index is 5.40. The lowest BCUT2D eigenvalue weighted by atomic mass is 10.1. The number of fused-ring (bicyclic) bond motifs is 1. The van der Waals surface area contributed by atoms with Crippen LogP contribution in [0.15, 0.2) is 47.1 Å². The van der Waals surface area contributed by atoms with Gasteiger partial charge in [-0.15, -0.1) is 0 Å². The van der Waals surface area contributed by atoms with E-state index in [2.05, 4.69) is 42.9 Å². The molecule has 2 heterocycles. The third-order valence-electron chi connectivity index (χ3n) is 3.83. The van der Waals surface area contributed by atoms with Crippen molar-refractivity contribution in [3.63, 3.8) is 0 Å². The Hall–Kier alpha value is -2.07. The van der Waals surface area contributed by atoms with Crippen LogP contribution < -0.4 is 5.32 Å². The number of benzene rings is 1. The number of rotatable bonds is 5. The Bertz CT molecular complexity index is 715. The van der Waals surface area contributed by atoms with Crippen molar-refractivity contribution >= 4 is 11.0 Å². The second-order valence-corrected chi connectivity index (χ2v) is 5.59. The summed E-state index contributed by atoms with van der Waals surface area (Å²) in [4.78, 5) is 4.74. The first kappa shape index (κ1) is 13.9. The van der Waals surface area contributed by atoms with E-state index in [-0.39, 0.29) is 6.04 Å². The van der Waals surface area contributed by atoms with E-state index in [0.29, 0.717) is 6.04 Å². The lowest BCUT2D eigenvalue weighted by molar-refractivity contribution is 0.418. The molecule has 110 valence electrons. The van der Waals surface area contributed by atoms with Crippen molar-refractivity contribution in [1.29, 1.82) is 0 Å². The van der Waals surface area contributed by atoms with Crippen LogP contribution in [0.5, 0.6) is 0 Å². The highest BCUT2D eigenvalue weighted by Gasteiger charge is 2.16. The lowest BCUT2D eigenvalue weighted by Gasteiger charge is -2.19. The Labute approximate surface area is 124 Å². The molecule has 0 amide bonds. The normalized spacial score (nSPS) is 14.4. The first-order chi connectivity index (χ1) is 10.1. The summed E-state index contributed by atoms with van der Waals surface area (Å²) in [6.07, 6.45) is 2.60. The standard InChI is InChI=1S/C17H21N3O/c1-12(11-14-7-6-10-21-14)18-13(2)17-19-15-8-4-5-9-16(15)20(17)3/h4-10,12-13,18H,11H2,1-3H3. The van der Waals surface area contributed by atoms with Crippen LogP contribution in [0.2, 0.25) is 0 Å². The van der Waals surface area contributed by atoms with Crippen molar-refractivity contribution in [3.8, 4) is 0 Å². The van der Waals surface area contributed by atoms with Crippen LogP contribution in [0.25, 0.3) is 11.0 Å². The van der Waals surface area contributed by atoms with Crippen molar-refractivity contribution in [2.45, 2.75) is 32.4 Å². The Balaban J connectivity index is 1.74. The summed E-state index contributed by atoms with van der Waals surface area (Å²) >= 11 is 0. The van der Waals surface area contributed by atoms with E-state index < -0.39 is 0 Å². The predicted octanol–water partition coefficient (Wildman–Crippen LogP) is 3.45. The summed E-state index contributed by atoms with van der Waals surface area (Å²) in [6.45, 7) is 4.32. The number of nitrogens with zero attached hydrogens (tertiary/aromatic N) is 2. The minimum absolute atomic E-state index is 0.187. The van der Waals surface area contributed by atoms with Gasteiger partial charge in [0.2, 0.25) is 0 Å². The van der Waals surface area contributed by atoms with Crippen LogP contribution in [-0.2, 0) is 13.5 Å². The van der Waals surface area contributed by atoms with Crippen LogP contribution in [0.3, 0.4) is 0 Å². The third-order valence-corrected chi connectivity index (χ3v) is 3.83. The quantitative estimate of drug-likeness (QED) is 0.780. The highest BCUT2D eigenvalue weighted by Crippen LogP contribution is 2.19. The first-order valence-corrected chi connectivity index (χ1v) is 7.35. The summed E-state index contributed by atoms with van der Waals surface area (Å²) < 4.78 is 7.56. The van der Waals surface area contributed by atoms with Gasteiger partial charge in [-0.25, -0.2) is 4.98 Å². The molecule has 0 fully saturated rings. The fourth-order valence-corrected chi connectivity index (χ4v) is 2.84. The average Bonchev–Trinajstić information content (AvgIpc) is 3.07. The Morgan fingerprint density at radius 2 is 2.00 bits per heavy atom. The second kappa shape index (κ2) is 5.74. The number of hydrogen-bond acceptors (Lipinski definition) is 3. The number of hydrogen-bond donors (Lipinski definition) is 1. The van der Waals surface area contributed by atoms with Crippen LogP contribution in [0.1, 0.15) is 31.5 Å². The number of aryl methyl sites for hydroxylation is 1. The molecule has 3 rings (SSSR count).